The van der Waals surface area contributed by atoms with Crippen LogP contribution in [0.2, 0.25) is 5.02 Å². The highest BCUT2D eigenvalue weighted by atomic mass is 35.5. The molecule has 0 aromatic heterocycles. The maximum absolute atomic E-state index is 11.1. The summed E-state index contributed by atoms with van der Waals surface area (Å²) < 4.78 is 24.6. The fourth-order valence-electron chi connectivity index (χ4n) is 1.27. The molecule has 0 atom stereocenters. The van der Waals surface area contributed by atoms with Crippen molar-refractivity contribution in [1.29, 1.82) is 0 Å². The van der Waals surface area contributed by atoms with Crippen LogP contribution in [0.15, 0.2) is 18.2 Å². The van der Waals surface area contributed by atoms with Crippen molar-refractivity contribution in [1.82, 2.24) is 0 Å². The van der Waals surface area contributed by atoms with Crippen LogP contribution < -0.4 is 10.0 Å². The molecule has 102 valence electrons. The van der Waals surface area contributed by atoms with E-state index in [4.69, 9.17) is 11.6 Å². The molecular weight excluding hydrogens is 272 g/mol. The van der Waals surface area contributed by atoms with E-state index in [1.54, 1.807) is 18.2 Å². The van der Waals surface area contributed by atoms with E-state index in [0.717, 1.165) is 18.5 Å². The van der Waals surface area contributed by atoms with Gasteiger partial charge in [-0.15, -0.1) is 0 Å². The van der Waals surface area contributed by atoms with Crippen LogP contribution in [-0.4, -0.2) is 21.2 Å². The summed E-state index contributed by atoms with van der Waals surface area (Å²) in [6.07, 6.45) is 1.09. The Morgan fingerprint density at radius 3 is 2.33 bits per heavy atom. The first-order valence-electron chi connectivity index (χ1n) is 5.58. The first-order chi connectivity index (χ1) is 8.07. The van der Waals surface area contributed by atoms with E-state index in [1.807, 2.05) is 0 Å². The molecule has 0 aliphatic rings. The third-order valence-electron chi connectivity index (χ3n) is 2.09. The Hall–Kier alpha value is -0.940. The maximum atomic E-state index is 11.1. The van der Waals surface area contributed by atoms with E-state index in [9.17, 15) is 8.42 Å². The molecule has 6 heteroatoms. The Kier molecular flexibility index (Phi) is 4.50. The van der Waals surface area contributed by atoms with Gasteiger partial charge in [-0.05, 0) is 23.6 Å². The van der Waals surface area contributed by atoms with Gasteiger partial charge in [0.05, 0.1) is 17.0 Å². The van der Waals surface area contributed by atoms with Crippen LogP contribution in [-0.2, 0) is 10.0 Å². The lowest BCUT2D eigenvalue weighted by molar-refractivity contribution is 0.443. The third-order valence-corrected chi connectivity index (χ3v) is 2.99. The zero-order chi connectivity index (χ0) is 14.0. The van der Waals surface area contributed by atoms with E-state index in [0.29, 0.717) is 10.7 Å². The molecule has 1 aromatic carbocycles. The standard InChI is InChI=1S/C12H19ClN2O2S/c1-12(2,3)8-14-9-5-6-11(10(13)7-9)15-18(4,16)17/h5-7,14-15H,8H2,1-4H3. The lowest BCUT2D eigenvalue weighted by Crippen LogP contribution is -2.19. The molecule has 4 nitrogen and oxygen atoms in total. The van der Waals surface area contributed by atoms with Gasteiger partial charge in [-0.3, -0.25) is 4.72 Å². The van der Waals surface area contributed by atoms with Crippen molar-refractivity contribution in [2.75, 3.05) is 22.8 Å². The topological polar surface area (TPSA) is 58.2 Å². The summed E-state index contributed by atoms with van der Waals surface area (Å²) in [5.41, 5.74) is 1.42. The Balaban J connectivity index is 2.80. The van der Waals surface area contributed by atoms with Crippen molar-refractivity contribution < 1.29 is 8.42 Å². The van der Waals surface area contributed by atoms with Gasteiger partial charge in [-0.25, -0.2) is 8.42 Å². The molecule has 1 aromatic rings. The lowest BCUT2D eigenvalue weighted by atomic mass is 9.97. The van der Waals surface area contributed by atoms with E-state index in [2.05, 4.69) is 30.8 Å². The molecule has 0 aliphatic heterocycles. The normalized spacial score (nSPS) is 12.3. The Morgan fingerprint density at radius 2 is 1.89 bits per heavy atom. The quantitative estimate of drug-likeness (QED) is 0.895. The summed E-state index contributed by atoms with van der Waals surface area (Å²) in [6.45, 7) is 7.19. The van der Waals surface area contributed by atoms with E-state index < -0.39 is 10.0 Å². The minimum atomic E-state index is -3.30. The summed E-state index contributed by atoms with van der Waals surface area (Å²) in [6, 6.07) is 5.15. The number of halogens is 1. The van der Waals surface area contributed by atoms with Gasteiger partial charge in [0, 0.05) is 12.2 Å². The van der Waals surface area contributed by atoms with Crippen molar-refractivity contribution >= 4 is 33.0 Å². The van der Waals surface area contributed by atoms with Crippen LogP contribution in [0.3, 0.4) is 0 Å². The van der Waals surface area contributed by atoms with Crippen LogP contribution >= 0.6 is 11.6 Å². The number of anilines is 2. The van der Waals surface area contributed by atoms with Crippen LogP contribution in [0, 0.1) is 5.41 Å². The van der Waals surface area contributed by atoms with Gasteiger partial charge in [0.25, 0.3) is 0 Å². The van der Waals surface area contributed by atoms with Crippen LogP contribution in [0.5, 0.6) is 0 Å². The molecule has 0 spiro atoms. The largest absolute Gasteiger partial charge is 0.384 e. The number of hydrogen-bond acceptors (Lipinski definition) is 3. The van der Waals surface area contributed by atoms with E-state index >= 15 is 0 Å². The summed E-state index contributed by atoms with van der Waals surface area (Å²) in [7, 11) is -3.30. The molecule has 0 bridgehead atoms. The highest BCUT2D eigenvalue weighted by Gasteiger charge is 2.11. The van der Waals surface area contributed by atoms with E-state index in [1.165, 1.54) is 0 Å². The summed E-state index contributed by atoms with van der Waals surface area (Å²) in [5, 5.41) is 3.63. The van der Waals surface area contributed by atoms with Crippen molar-refractivity contribution in [2.45, 2.75) is 20.8 Å². The summed E-state index contributed by atoms with van der Waals surface area (Å²) in [4.78, 5) is 0. The second kappa shape index (κ2) is 5.36. The number of nitrogens with one attached hydrogen (secondary N) is 2. The predicted octanol–water partition coefficient (Wildman–Crippen LogP) is 3.17. The molecule has 0 heterocycles. The SMILES string of the molecule is CC(C)(C)CNc1ccc(NS(C)(=O)=O)c(Cl)c1. The highest BCUT2D eigenvalue weighted by Crippen LogP contribution is 2.26. The summed E-state index contributed by atoms with van der Waals surface area (Å²) >= 11 is 6.02. The molecule has 0 amide bonds. The van der Waals surface area contributed by atoms with Crippen LogP contribution in [0.1, 0.15) is 20.8 Å². The van der Waals surface area contributed by atoms with Gasteiger partial charge >= 0.3 is 0 Å². The Bertz CT molecular complexity index is 521. The van der Waals surface area contributed by atoms with Crippen LogP contribution in [0.4, 0.5) is 11.4 Å². The highest BCUT2D eigenvalue weighted by molar-refractivity contribution is 7.92. The number of hydrogen-bond donors (Lipinski definition) is 2. The number of sulfonamides is 1. The average molecular weight is 291 g/mol. The van der Waals surface area contributed by atoms with Crippen molar-refractivity contribution in [3.63, 3.8) is 0 Å². The average Bonchev–Trinajstić information content (AvgIpc) is 2.15. The molecule has 0 radical (unpaired) electrons. The number of rotatable bonds is 4. The maximum Gasteiger partial charge on any atom is 0.229 e. The van der Waals surface area contributed by atoms with Gasteiger partial charge < -0.3 is 5.32 Å². The molecule has 18 heavy (non-hydrogen) atoms. The van der Waals surface area contributed by atoms with Gasteiger partial charge in [-0.1, -0.05) is 32.4 Å². The molecule has 0 saturated carbocycles. The predicted molar refractivity (Wildman–Crippen MR) is 77.9 cm³/mol. The minimum absolute atomic E-state index is 0.163. The lowest BCUT2D eigenvalue weighted by Gasteiger charge is -2.20. The van der Waals surface area contributed by atoms with Gasteiger partial charge in [0.2, 0.25) is 10.0 Å². The first kappa shape index (κ1) is 15.1. The fraction of sp³-hybridized carbons (Fsp3) is 0.500. The fourth-order valence-corrected chi connectivity index (χ4v) is 2.14. The van der Waals surface area contributed by atoms with E-state index in [-0.39, 0.29) is 5.41 Å². The number of benzene rings is 1. The van der Waals surface area contributed by atoms with Crippen LogP contribution in [0.25, 0.3) is 0 Å². The molecule has 0 aliphatic carbocycles. The summed E-state index contributed by atoms with van der Waals surface area (Å²) in [5.74, 6) is 0. The second-order valence-corrected chi connectivity index (χ2v) is 7.64. The smallest absolute Gasteiger partial charge is 0.229 e. The minimum Gasteiger partial charge on any atom is -0.384 e. The molecular formula is C12H19ClN2O2S. The Labute approximate surface area is 114 Å². The first-order valence-corrected chi connectivity index (χ1v) is 7.85. The molecule has 2 N–H and O–H groups in total. The monoisotopic (exact) mass is 290 g/mol. The van der Waals surface area contributed by atoms with Gasteiger partial charge in [0.15, 0.2) is 0 Å². The molecule has 0 unspecified atom stereocenters. The zero-order valence-electron chi connectivity index (χ0n) is 11.0. The molecule has 0 saturated heterocycles. The van der Waals surface area contributed by atoms with Crippen molar-refractivity contribution in [2.24, 2.45) is 5.41 Å². The Morgan fingerprint density at radius 1 is 1.28 bits per heavy atom. The van der Waals surface area contributed by atoms with Gasteiger partial charge in [-0.2, -0.15) is 0 Å². The third kappa shape index (κ3) is 5.60. The molecule has 0 fully saturated rings. The molecule has 1 rings (SSSR count). The van der Waals surface area contributed by atoms with Crippen molar-refractivity contribution in [3.05, 3.63) is 23.2 Å². The second-order valence-electron chi connectivity index (χ2n) is 5.48. The van der Waals surface area contributed by atoms with Gasteiger partial charge in [0.1, 0.15) is 0 Å². The zero-order valence-corrected chi connectivity index (χ0v) is 12.6. The van der Waals surface area contributed by atoms with Crippen molar-refractivity contribution in [3.8, 4) is 0 Å².